The first-order chi connectivity index (χ1) is 13.6. The van der Waals surface area contributed by atoms with Crippen LogP contribution in [0.5, 0.6) is 0 Å². The van der Waals surface area contributed by atoms with E-state index in [0.29, 0.717) is 16.8 Å². The van der Waals surface area contributed by atoms with Gasteiger partial charge in [-0.25, -0.2) is 9.07 Å². The van der Waals surface area contributed by atoms with Gasteiger partial charge in [-0.3, -0.25) is 4.79 Å². The van der Waals surface area contributed by atoms with E-state index in [4.69, 9.17) is 11.1 Å². The van der Waals surface area contributed by atoms with E-state index in [1.54, 1.807) is 0 Å². The maximum atomic E-state index is 13.2. The predicted octanol–water partition coefficient (Wildman–Crippen LogP) is 3.22. The number of thioether (sulfide) groups is 1. The second-order valence-corrected chi connectivity index (χ2v) is 7.71. The molecule has 148 valence electrons. The van der Waals surface area contributed by atoms with Crippen molar-refractivity contribution in [3.05, 3.63) is 35.9 Å². The molecule has 0 saturated heterocycles. The molecule has 2 aromatic rings. The minimum Gasteiger partial charge on any atom is -0.336 e. The molecule has 1 saturated carbocycles. The molecule has 0 aliphatic heterocycles. The van der Waals surface area contributed by atoms with E-state index in [0.717, 1.165) is 18.7 Å². The molecule has 0 bridgehead atoms. The van der Waals surface area contributed by atoms with E-state index in [-0.39, 0.29) is 30.4 Å². The molecule has 2 N–H and O–H groups in total. The van der Waals surface area contributed by atoms with Gasteiger partial charge < -0.3 is 10.7 Å². The van der Waals surface area contributed by atoms with Crippen molar-refractivity contribution in [2.24, 2.45) is 0 Å². The number of rotatable bonds is 7. The molecule has 1 amide bonds. The Balaban J connectivity index is 1.66. The monoisotopic (exact) mass is 402 g/mol. The number of halogens is 1. The lowest BCUT2D eigenvalue weighted by molar-refractivity contribution is -0.116. The summed E-state index contributed by atoms with van der Waals surface area (Å²) in [5, 5.41) is 17.7. The molecule has 1 aliphatic rings. The molecule has 0 radical (unpaired) electrons. The van der Waals surface area contributed by atoms with Crippen LogP contribution in [0.25, 0.3) is 0 Å². The van der Waals surface area contributed by atoms with Crippen LogP contribution < -0.4 is 10.7 Å². The van der Waals surface area contributed by atoms with Crippen LogP contribution in [0.3, 0.4) is 0 Å². The van der Waals surface area contributed by atoms with Crippen molar-refractivity contribution in [1.29, 1.82) is 5.26 Å². The highest BCUT2D eigenvalue weighted by molar-refractivity contribution is 7.99. The highest BCUT2D eigenvalue weighted by Gasteiger charge is 2.23. The van der Waals surface area contributed by atoms with Gasteiger partial charge in [-0.15, -0.1) is 10.2 Å². The van der Waals surface area contributed by atoms with Gasteiger partial charge >= 0.3 is 0 Å². The zero-order chi connectivity index (χ0) is 19.9. The predicted molar refractivity (Wildman–Crippen MR) is 106 cm³/mol. The average molecular weight is 402 g/mol. The van der Waals surface area contributed by atoms with Crippen molar-refractivity contribution in [1.82, 2.24) is 14.9 Å². The summed E-state index contributed by atoms with van der Waals surface area (Å²) in [6.45, 7) is 0.240. The maximum Gasteiger partial charge on any atom is 0.237 e. The number of nitrogen functional groups attached to an aromatic ring is 1. The maximum absolute atomic E-state index is 13.2. The standard InChI is InChI=1S/C19H23FN6OS/c20-15-7-9-16(10-8-15)25(12-4-11-21)17(27)13-28-19-24-23-18(26(19)22)14-5-2-1-3-6-14/h7-10,14H,1-6,12-13,22H2. The SMILES string of the molecule is N#CCCN(C(=O)CSc1nnc(C2CCCCC2)n1N)c1ccc(F)cc1. The summed E-state index contributed by atoms with van der Waals surface area (Å²) in [4.78, 5) is 14.2. The van der Waals surface area contributed by atoms with Crippen LogP contribution >= 0.6 is 11.8 Å². The molecule has 0 unspecified atom stereocenters. The highest BCUT2D eigenvalue weighted by atomic mass is 32.2. The Labute approximate surface area is 167 Å². The van der Waals surface area contributed by atoms with E-state index in [1.807, 2.05) is 6.07 Å². The molecule has 0 spiro atoms. The first-order valence-corrected chi connectivity index (χ1v) is 10.3. The van der Waals surface area contributed by atoms with E-state index in [2.05, 4.69) is 10.2 Å². The Morgan fingerprint density at radius 2 is 2.00 bits per heavy atom. The first kappa shape index (κ1) is 20.1. The summed E-state index contributed by atoms with van der Waals surface area (Å²) in [5.41, 5.74) is 0.555. The molecular formula is C19H23FN6OS. The number of aromatic nitrogens is 3. The van der Waals surface area contributed by atoms with Crippen LogP contribution in [0.15, 0.2) is 29.4 Å². The van der Waals surface area contributed by atoms with Crippen LogP contribution in [0.2, 0.25) is 0 Å². The van der Waals surface area contributed by atoms with Gasteiger partial charge in [0.25, 0.3) is 0 Å². The summed E-state index contributed by atoms with van der Waals surface area (Å²) in [6.07, 6.45) is 5.89. The Kier molecular flexibility index (Phi) is 6.87. The van der Waals surface area contributed by atoms with Crippen molar-refractivity contribution in [2.75, 3.05) is 23.0 Å². The van der Waals surface area contributed by atoms with Gasteiger partial charge in [0.05, 0.1) is 18.2 Å². The van der Waals surface area contributed by atoms with Gasteiger partial charge in [-0.1, -0.05) is 31.0 Å². The zero-order valence-electron chi connectivity index (χ0n) is 15.6. The number of hydrogen-bond acceptors (Lipinski definition) is 6. The van der Waals surface area contributed by atoms with Crippen molar-refractivity contribution >= 4 is 23.4 Å². The summed E-state index contributed by atoms with van der Waals surface area (Å²) >= 11 is 1.22. The molecule has 28 heavy (non-hydrogen) atoms. The Hall–Kier alpha value is -2.60. The van der Waals surface area contributed by atoms with Crippen molar-refractivity contribution in [3.8, 4) is 6.07 Å². The summed E-state index contributed by atoms with van der Waals surface area (Å²) in [6, 6.07) is 7.68. The minimum absolute atomic E-state index is 0.100. The van der Waals surface area contributed by atoms with Gasteiger partial charge in [-0.05, 0) is 37.1 Å². The number of hydrogen-bond donors (Lipinski definition) is 1. The zero-order valence-corrected chi connectivity index (χ0v) is 16.4. The Morgan fingerprint density at radius 1 is 1.29 bits per heavy atom. The largest absolute Gasteiger partial charge is 0.336 e. The van der Waals surface area contributed by atoms with E-state index >= 15 is 0 Å². The van der Waals surface area contributed by atoms with Crippen LogP contribution in [-0.4, -0.2) is 33.1 Å². The number of benzene rings is 1. The normalized spacial score (nSPS) is 14.6. The molecule has 7 nitrogen and oxygen atoms in total. The summed E-state index contributed by atoms with van der Waals surface area (Å²) in [7, 11) is 0. The quantitative estimate of drug-likeness (QED) is 0.564. The second kappa shape index (κ2) is 9.55. The fourth-order valence-corrected chi connectivity index (χ4v) is 4.15. The van der Waals surface area contributed by atoms with Gasteiger partial charge in [0.15, 0.2) is 5.82 Å². The van der Waals surface area contributed by atoms with Gasteiger partial charge in [0.1, 0.15) is 5.82 Å². The van der Waals surface area contributed by atoms with Crippen LogP contribution in [0, 0.1) is 17.1 Å². The fraction of sp³-hybridized carbons (Fsp3) is 0.474. The number of amides is 1. The Morgan fingerprint density at radius 3 is 2.68 bits per heavy atom. The summed E-state index contributed by atoms with van der Waals surface area (Å²) in [5.74, 6) is 6.78. The van der Waals surface area contributed by atoms with Crippen molar-refractivity contribution in [2.45, 2.75) is 49.6 Å². The third kappa shape index (κ3) is 4.81. The molecule has 1 aliphatic carbocycles. The first-order valence-electron chi connectivity index (χ1n) is 9.36. The lowest BCUT2D eigenvalue weighted by Gasteiger charge is -2.22. The molecule has 3 rings (SSSR count). The number of anilines is 1. The number of nitrogens with zero attached hydrogens (tertiary/aromatic N) is 5. The van der Waals surface area contributed by atoms with Crippen molar-refractivity contribution < 1.29 is 9.18 Å². The summed E-state index contributed by atoms with van der Waals surface area (Å²) < 4.78 is 14.7. The van der Waals surface area contributed by atoms with Gasteiger partial charge in [-0.2, -0.15) is 5.26 Å². The topological polar surface area (TPSA) is 101 Å². The molecule has 1 aromatic carbocycles. The molecular weight excluding hydrogens is 379 g/mol. The fourth-order valence-electron chi connectivity index (χ4n) is 3.41. The molecule has 1 aromatic heterocycles. The Bertz CT molecular complexity index is 841. The lowest BCUT2D eigenvalue weighted by Crippen LogP contribution is -2.33. The van der Waals surface area contributed by atoms with E-state index < -0.39 is 0 Å². The van der Waals surface area contributed by atoms with E-state index in [9.17, 15) is 9.18 Å². The molecule has 1 heterocycles. The molecule has 1 fully saturated rings. The number of carbonyl (C=O) groups excluding carboxylic acids is 1. The number of nitriles is 1. The minimum atomic E-state index is -0.378. The lowest BCUT2D eigenvalue weighted by atomic mass is 9.89. The third-order valence-electron chi connectivity index (χ3n) is 4.87. The van der Waals surface area contributed by atoms with Crippen LogP contribution in [0.1, 0.15) is 50.3 Å². The highest BCUT2D eigenvalue weighted by Crippen LogP contribution is 2.32. The third-order valence-corrected chi connectivity index (χ3v) is 5.80. The molecule has 0 atom stereocenters. The van der Waals surface area contributed by atoms with Crippen molar-refractivity contribution in [3.63, 3.8) is 0 Å². The number of nitrogens with two attached hydrogens (primary N) is 1. The average Bonchev–Trinajstić information content (AvgIpc) is 3.09. The van der Waals surface area contributed by atoms with Gasteiger partial charge in [0, 0.05) is 18.2 Å². The van der Waals surface area contributed by atoms with Crippen LogP contribution in [0.4, 0.5) is 10.1 Å². The van der Waals surface area contributed by atoms with Gasteiger partial charge in [0.2, 0.25) is 11.1 Å². The smallest absolute Gasteiger partial charge is 0.237 e. The number of carbonyl (C=O) groups is 1. The van der Waals surface area contributed by atoms with E-state index in [1.165, 1.54) is 64.9 Å². The molecule has 9 heteroatoms. The second-order valence-electron chi connectivity index (χ2n) is 6.76. The van der Waals surface area contributed by atoms with Crippen LogP contribution in [-0.2, 0) is 4.79 Å².